The molecule has 1 aromatic carbocycles. The zero-order valence-electron chi connectivity index (χ0n) is 21.8. The van der Waals surface area contributed by atoms with E-state index in [1.165, 1.54) is 14.2 Å². The molecule has 1 amide bonds. The summed E-state index contributed by atoms with van der Waals surface area (Å²) in [6.07, 6.45) is 5.88. The van der Waals surface area contributed by atoms with Crippen LogP contribution in [0.2, 0.25) is 0 Å². The Morgan fingerprint density at radius 2 is 1.87 bits per heavy atom. The topological polar surface area (TPSA) is 165 Å². The summed E-state index contributed by atoms with van der Waals surface area (Å²) in [6.45, 7) is 2.06. The van der Waals surface area contributed by atoms with E-state index in [1.54, 1.807) is 42.5 Å². The molecule has 2 aliphatic heterocycles. The van der Waals surface area contributed by atoms with Gasteiger partial charge in [-0.05, 0) is 43.4 Å². The van der Waals surface area contributed by atoms with Crippen molar-refractivity contribution in [1.29, 1.82) is 0 Å². The van der Waals surface area contributed by atoms with Crippen molar-refractivity contribution in [2.24, 2.45) is 5.92 Å². The lowest BCUT2D eigenvalue weighted by Gasteiger charge is -2.34. The molecule has 13 heteroatoms. The summed E-state index contributed by atoms with van der Waals surface area (Å²) in [6, 6.07) is 5.23. The maximum Gasteiger partial charge on any atom is 0.424 e. The fourth-order valence-corrected chi connectivity index (χ4v) is 4.83. The first-order chi connectivity index (χ1) is 18.4. The summed E-state index contributed by atoms with van der Waals surface area (Å²) in [7, 11) is 4.68. The molecule has 0 spiro atoms. The van der Waals surface area contributed by atoms with Gasteiger partial charge in [0.2, 0.25) is 5.75 Å². The van der Waals surface area contributed by atoms with Crippen LogP contribution in [0.1, 0.15) is 29.6 Å². The number of esters is 2. The molecule has 0 bridgehead atoms. The van der Waals surface area contributed by atoms with Gasteiger partial charge in [-0.1, -0.05) is 0 Å². The molecule has 3 aromatic rings. The molecule has 39 heavy (non-hydrogen) atoms. The van der Waals surface area contributed by atoms with Crippen LogP contribution in [-0.4, -0.2) is 84.3 Å². The number of anilines is 1. The van der Waals surface area contributed by atoms with E-state index in [-0.39, 0.29) is 28.8 Å². The van der Waals surface area contributed by atoms with Crippen LogP contribution < -0.4 is 23.8 Å². The molecule has 4 heterocycles. The minimum absolute atomic E-state index is 0. The molecule has 13 nitrogen and oxygen atoms in total. The lowest BCUT2D eigenvalue weighted by Crippen LogP contribution is -2.36. The second-order valence-electron chi connectivity index (χ2n) is 9.16. The van der Waals surface area contributed by atoms with Gasteiger partial charge in [0.05, 0.1) is 25.2 Å². The molecule has 5 rings (SSSR count). The van der Waals surface area contributed by atoms with Crippen molar-refractivity contribution in [3.63, 3.8) is 0 Å². The SMILES string of the molecule is COc1cc2c(N3CCC(CCN(C)C(=O)c4cccnc4)CC3)nnc3c2c(c1OC)OC(=O)C(=O)O3.O. The highest BCUT2D eigenvalue weighted by Gasteiger charge is 2.34. The molecule has 0 unspecified atom stereocenters. The number of nitrogens with zero attached hydrogens (tertiary/aromatic N) is 5. The number of carbonyl (C=O) groups excluding carboxylic acids is 3. The number of hydrogen-bond acceptors (Lipinski definition) is 11. The minimum atomic E-state index is -1.20. The lowest BCUT2D eigenvalue weighted by atomic mass is 9.93. The molecule has 206 valence electrons. The average Bonchev–Trinajstić information content (AvgIpc) is 3.08. The van der Waals surface area contributed by atoms with Crippen molar-refractivity contribution in [2.75, 3.05) is 45.8 Å². The molecule has 1 saturated heterocycles. The summed E-state index contributed by atoms with van der Waals surface area (Å²) in [5, 5.41) is 9.31. The quantitative estimate of drug-likeness (QED) is 0.242. The van der Waals surface area contributed by atoms with Gasteiger partial charge in [0.25, 0.3) is 11.8 Å². The Kier molecular flexibility index (Phi) is 8.10. The summed E-state index contributed by atoms with van der Waals surface area (Å²) >= 11 is 0. The van der Waals surface area contributed by atoms with E-state index in [0.29, 0.717) is 53.5 Å². The lowest BCUT2D eigenvalue weighted by molar-refractivity contribution is -0.155. The number of aromatic nitrogens is 3. The Hall–Kier alpha value is -4.52. The summed E-state index contributed by atoms with van der Waals surface area (Å²) in [5.41, 5.74) is 0.575. The van der Waals surface area contributed by atoms with E-state index in [1.807, 2.05) is 0 Å². The Morgan fingerprint density at radius 1 is 1.13 bits per heavy atom. The van der Waals surface area contributed by atoms with Gasteiger partial charge in [-0.3, -0.25) is 9.78 Å². The van der Waals surface area contributed by atoms with Gasteiger partial charge in [0.15, 0.2) is 17.3 Å². The number of pyridine rings is 1. The van der Waals surface area contributed by atoms with Crippen molar-refractivity contribution in [1.82, 2.24) is 20.1 Å². The predicted octanol–water partition coefficient (Wildman–Crippen LogP) is 1.42. The second-order valence-corrected chi connectivity index (χ2v) is 9.16. The average molecular weight is 540 g/mol. The Balaban J connectivity index is 0.00000353. The molecule has 0 atom stereocenters. The monoisotopic (exact) mass is 539 g/mol. The third kappa shape index (κ3) is 5.25. The third-order valence-electron chi connectivity index (χ3n) is 6.91. The number of piperidine rings is 1. The van der Waals surface area contributed by atoms with Gasteiger partial charge in [-0.15, -0.1) is 10.2 Å². The molecule has 2 aromatic heterocycles. The fourth-order valence-electron chi connectivity index (χ4n) is 4.83. The van der Waals surface area contributed by atoms with Gasteiger partial charge >= 0.3 is 11.9 Å². The normalized spacial score (nSPS) is 15.1. The Morgan fingerprint density at radius 3 is 2.54 bits per heavy atom. The van der Waals surface area contributed by atoms with Crippen molar-refractivity contribution >= 4 is 34.4 Å². The van der Waals surface area contributed by atoms with E-state index in [0.717, 1.165) is 19.3 Å². The number of hydrogen-bond donors (Lipinski definition) is 0. The number of carbonyl (C=O) groups is 3. The first kappa shape index (κ1) is 27.5. The van der Waals surface area contributed by atoms with E-state index in [2.05, 4.69) is 20.1 Å². The molecule has 2 aliphatic rings. The van der Waals surface area contributed by atoms with E-state index >= 15 is 0 Å². The van der Waals surface area contributed by atoms with Gasteiger partial charge < -0.3 is 34.2 Å². The number of benzene rings is 1. The minimum Gasteiger partial charge on any atom is -0.493 e. The van der Waals surface area contributed by atoms with E-state index in [4.69, 9.17) is 18.9 Å². The number of amides is 1. The van der Waals surface area contributed by atoms with E-state index < -0.39 is 11.9 Å². The highest BCUT2D eigenvalue weighted by molar-refractivity contribution is 6.32. The summed E-state index contributed by atoms with van der Waals surface area (Å²) in [4.78, 5) is 44.7. The number of ether oxygens (including phenoxy) is 4. The number of rotatable bonds is 7. The molecule has 0 saturated carbocycles. The van der Waals surface area contributed by atoms with Crippen LogP contribution in [0.4, 0.5) is 5.82 Å². The predicted molar refractivity (Wildman–Crippen MR) is 138 cm³/mol. The molecule has 1 fully saturated rings. The first-order valence-electron chi connectivity index (χ1n) is 12.2. The summed E-state index contributed by atoms with van der Waals surface area (Å²) < 4.78 is 21.4. The van der Waals surface area contributed by atoms with Crippen LogP contribution >= 0.6 is 0 Å². The van der Waals surface area contributed by atoms with Gasteiger partial charge in [0, 0.05) is 44.5 Å². The standard InChI is InChI=1S/C26H27N5O7.H2O/c1-30(24(32)16-5-4-9-27-14-16)10-6-15-7-11-31(12-8-15)22-17-13-18(35-2)20(36-3)21-19(17)23(29-28-22)38-26(34)25(33)37-21;/h4-5,9,13-15H,6-8,10-12H2,1-3H3;1H2. The van der Waals surface area contributed by atoms with Crippen LogP contribution in [0.15, 0.2) is 30.6 Å². The van der Waals surface area contributed by atoms with Crippen LogP contribution in [0.5, 0.6) is 23.1 Å². The van der Waals surface area contributed by atoms with Gasteiger partial charge in [-0.2, -0.15) is 0 Å². The van der Waals surface area contributed by atoms with Crippen LogP contribution in [0, 0.1) is 5.92 Å². The van der Waals surface area contributed by atoms with Gasteiger partial charge in [0.1, 0.15) is 0 Å². The summed E-state index contributed by atoms with van der Waals surface area (Å²) in [5.74, 6) is -1.11. The highest BCUT2D eigenvalue weighted by Crippen LogP contribution is 2.49. The second kappa shape index (κ2) is 11.5. The molecule has 0 radical (unpaired) electrons. The molecular weight excluding hydrogens is 510 g/mol. The van der Waals surface area contributed by atoms with Gasteiger partial charge in [-0.25, -0.2) is 9.59 Å². The van der Waals surface area contributed by atoms with Crippen LogP contribution in [0.25, 0.3) is 10.8 Å². The third-order valence-corrected chi connectivity index (χ3v) is 6.91. The molecule has 0 aliphatic carbocycles. The molecular formula is C26H29N5O8. The van der Waals surface area contributed by atoms with Crippen molar-refractivity contribution in [2.45, 2.75) is 19.3 Å². The highest BCUT2D eigenvalue weighted by atomic mass is 16.6. The van der Waals surface area contributed by atoms with Crippen molar-refractivity contribution < 1.29 is 38.8 Å². The largest absolute Gasteiger partial charge is 0.493 e. The molecule has 2 N–H and O–H groups in total. The maximum absolute atomic E-state index is 12.6. The zero-order chi connectivity index (χ0) is 26.8. The first-order valence-corrected chi connectivity index (χ1v) is 12.2. The van der Waals surface area contributed by atoms with Crippen molar-refractivity contribution in [3.05, 3.63) is 36.2 Å². The fraction of sp³-hybridized carbons (Fsp3) is 0.385. The number of methoxy groups -OCH3 is 2. The maximum atomic E-state index is 12.6. The smallest absolute Gasteiger partial charge is 0.424 e. The van der Waals surface area contributed by atoms with E-state index in [9.17, 15) is 14.4 Å². The van der Waals surface area contributed by atoms with Crippen LogP contribution in [-0.2, 0) is 9.59 Å². The van der Waals surface area contributed by atoms with Crippen LogP contribution in [0.3, 0.4) is 0 Å². The zero-order valence-corrected chi connectivity index (χ0v) is 21.8. The Bertz CT molecular complexity index is 1390. The van der Waals surface area contributed by atoms with Crippen molar-refractivity contribution in [3.8, 4) is 23.1 Å². The Labute approximate surface area is 223 Å².